The van der Waals surface area contributed by atoms with Crippen LogP contribution in [0.4, 0.5) is 11.5 Å². The zero-order chi connectivity index (χ0) is 15.1. The number of carbonyl (C=O) groups is 2. The number of benzene rings is 1. The fraction of sp³-hybridized carbons (Fsp3) is 0.200. The Hall–Kier alpha value is -2.76. The van der Waals surface area contributed by atoms with Gasteiger partial charge in [0, 0.05) is 24.8 Å². The number of carboxylic acids is 1. The molecule has 2 aromatic rings. The van der Waals surface area contributed by atoms with Crippen molar-refractivity contribution < 1.29 is 14.7 Å². The Morgan fingerprint density at radius 2 is 2.10 bits per heavy atom. The minimum Gasteiger partial charge on any atom is -0.478 e. The van der Waals surface area contributed by atoms with Gasteiger partial charge in [0.2, 0.25) is 5.91 Å². The lowest BCUT2D eigenvalue weighted by molar-refractivity contribution is -0.116. The molecule has 6 heteroatoms. The van der Waals surface area contributed by atoms with E-state index >= 15 is 0 Å². The van der Waals surface area contributed by atoms with E-state index in [1.165, 1.54) is 6.07 Å². The number of aromatic amines is 1. The Bertz CT molecular complexity index is 749. The molecule has 1 aromatic carbocycles. The number of nitrogens with two attached hydrogens (primary N) is 1. The van der Waals surface area contributed by atoms with Crippen LogP contribution in [0.25, 0.3) is 11.3 Å². The first-order valence-electron chi connectivity index (χ1n) is 6.60. The molecule has 2 heterocycles. The molecule has 4 N–H and O–H groups in total. The third-order valence-corrected chi connectivity index (χ3v) is 3.74. The molecule has 108 valence electrons. The summed E-state index contributed by atoms with van der Waals surface area (Å²) in [4.78, 5) is 27.2. The summed E-state index contributed by atoms with van der Waals surface area (Å²) in [6.45, 7) is 2.23. The number of hydrogen-bond donors (Lipinski definition) is 3. The van der Waals surface area contributed by atoms with Crippen molar-refractivity contribution in [2.45, 2.75) is 13.3 Å². The van der Waals surface area contributed by atoms with Gasteiger partial charge in [-0.1, -0.05) is 6.07 Å². The molecule has 0 fully saturated rings. The van der Waals surface area contributed by atoms with Gasteiger partial charge in [0.25, 0.3) is 0 Å². The predicted octanol–water partition coefficient (Wildman–Crippen LogP) is 1.87. The van der Waals surface area contributed by atoms with Gasteiger partial charge in [0.05, 0.1) is 0 Å². The number of aromatic nitrogens is 1. The monoisotopic (exact) mass is 285 g/mol. The standard InChI is InChI=1S/C15H15N3O3/c1-8(19)18-5-4-10-6-9(2-3-13(10)18)12-7-11(15(20)21)14(16)17-12/h2-3,6-7,17H,4-5,16H2,1H3,(H,20,21). The van der Waals surface area contributed by atoms with Crippen molar-refractivity contribution in [2.24, 2.45) is 0 Å². The molecule has 1 aliphatic rings. The van der Waals surface area contributed by atoms with Gasteiger partial charge in [-0.15, -0.1) is 0 Å². The van der Waals surface area contributed by atoms with Crippen molar-refractivity contribution in [3.63, 3.8) is 0 Å². The lowest BCUT2D eigenvalue weighted by atomic mass is 10.1. The summed E-state index contributed by atoms with van der Waals surface area (Å²) in [5, 5.41) is 9.03. The predicted molar refractivity (Wildman–Crippen MR) is 79.3 cm³/mol. The highest BCUT2D eigenvalue weighted by atomic mass is 16.4. The highest BCUT2D eigenvalue weighted by molar-refractivity contribution is 5.96. The summed E-state index contributed by atoms with van der Waals surface area (Å²) in [5.74, 6) is -0.888. The molecule has 1 amide bonds. The van der Waals surface area contributed by atoms with Crippen LogP contribution in [-0.4, -0.2) is 28.5 Å². The zero-order valence-corrected chi connectivity index (χ0v) is 11.5. The van der Waals surface area contributed by atoms with Gasteiger partial charge in [-0.3, -0.25) is 4.79 Å². The van der Waals surface area contributed by atoms with Crippen LogP contribution in [-0.2, 0) is 11.2 Å². The van der Waals surface area contributed by atoms with Crippen LogP contribution in [0.2, 0.25) is 0 Å². The maximum Gasteiger partial charge on any atom is 0.339 e. The van der Waals surface area contributed by atoms with Crippen LogP contribution in [0.5, 0.6) is 0 Å². The Labute approximate surface area is 121 Å². The fourth-order valence-corrected chi connectivity index (χ4v) is 2.70. The quantitative estimate of drug-likeness (QED) is 0.784. The van der Waals surface area contributed by atoms with Crippen molar-refractivity contribution >= 4 is 23.4 Å². The molecule has 21 heavy (non-hydrogen) atoms. The maximum atomic E-state index is 11.5. The second-order valence-corrected chi connectivity index (χ2v) is 5.08. The molecule has 6 nitrogen and oxygen atoms in total. The highest BCUT2D eigenvalue weighted by Gasteiger charge is 2.23. The first kappa shape index (κ1) is 13.2. The highest BCUT2D eigenvalue weighted by Crippen LogP contribution is 2.33. The lowest BCUT2D eigenvalue weighted by Gasteiger charge is -2.14. The van der Waals surface area contributed by atoms with Crippen LogP contribution >= 0.6 is 0 Å². The van der Waals surface area contributed by atoms with E-state index in [0.29, 0.717) is 12.2 Å². The van der Waals surface area contributed by atoms with Crippen molar-refractivity contribution in [3.05, 3.63) is 35.4 Å². The molecular weight excluding hydrogens is 270 g/mol. The lowest BCUT2D eigenvalue weighted by Crippen LogP contribution is -2.25. The second kappa shape index (κ2) is 4.66. The van der Waals surface area contributed by atoms with E-state index in [1.54, 1.807) is 11.8 Å². The smallest absolute Gasteiger partial charge is 0.339 e. The van der Waals surface area contributed by atoms with Crippen LogP contribution < -0.4 is 10.6 Å². The molecule has 1 aromatic heterocycles. The first-order valence-corrected chi connectivity index (χ1v) is 6.60. The van der Waals surface area contributed by atoms with E-state index in [4.69, 9.17) is 10.8 Å². The number of nitrogens with one attached hydrogen (secondary N) is 1. The van der Waals surface area contributed by atoms with E-state index in [9.17, 15) is 9.59 Å². The van der Waals surface area contributed by atoms with Crippen LogP contribution in [0.15, 0.2) is 24.3 Å². The van der Waals surface area contributed by atoms with Crippen molar-refractivity contribution in [1.29, 1.82) is 0 Å². The average Bonchev–Trinajstić information content (AvgIpc) is 3.01. The second-order valence-electron chi connectivity index (χ2n) is 5.08. The third kappa shape index (κ3) is 2.14. The number of carboxylic acid groups (broad SMARTS) is 1. The number of aromatic carboxylic acids is 1. The van der Waals surface area contributed by atoms with Gasteiger partial charge < -0.3 is 20.7 Å². The molecule has 0 unspecified atom stereocenters. The topological polar surface area (TPSA) is 99.4 Å². The number of carbonyl (C=O) groups excluding carboxylic acids is 1. The molecule has 0 radical (unpaired) electrons. The molecular formula is C15H15N3O3. The first-order chi connectivity index (χ1) is 9.97. The number of anilines is 2. The Balaban J connectivity index is 2.00. The van der Waals surface area contributed by atoms with Gasteiger partial charge in [-0.05, 0) is 35.7 Å². The number of nitrogen functional groups attached to an aromatic ring is 1. The number of amides is 1. The largest absolute Gasteiger partial charge is 0.478 e. The Kier molecular flexibility index (Phi) is 2.94. The van der Waals surface area contributed by atoms with Crippen molar-refractivity contribution in [1.82, 2.24) is 4.98 Å². The van der Waals surface area contributed by atoms with E-state index in [1.807, 2.05) is 18.2 Å². The summed E-state index contributed by atoms with van der Waals surface area (Å²) in [6, 6.07) is 7.24. The van der Waals surface area contributed by atoms with Gasteiger partial charge in [0.15, 0.2) is 0 Å². The van der Waals surface area contributed by atoms with Gasteiger partial charge >= 0.3 is 5.97 Å². The van der Waals surface area contributed by atoms with Crippen LogP contribution in [0.1, 0.15) is 22.8 Å². The van der Waals surface area contributed by atoms with Crippen molar-refractivity contribution in [3.8, 4) is 11.3 Å². The molecule has 0 spiro atoms. The van der Waals surface area contributed by atoms with Crippen molar-refractivity contribution in [2.75, 3.05) is 17.2 Å². The summed E-state index contributed by atoms with van der Waals surface area (Å²) in [7, 11) is 0. The third-order valence-electron chi connectivity index (χ3n) is 3.74. The maximum absolute atomic E-state index is 11.5. The van der Waals surface area contributed by atoms with E-state index in [-0.39, 0.29) is 17.3 Å². The minimum atomic E-state index is -1.06. The number of rotatable bonds is 2. The van der Waals surface area contributed by atoms with E-state index in [2.05, 4.69) is 4.98 Å². The van der Waals surface area contributed by atoms with Gasteiger partial charge in [0.1, 0.15) is 11.4 Å². The summed E-state index contributed by atoms with van der Waals surface area (Å²) in [5.41, 5.74) is 9.25. The Morgan fingerprint density at radius 1 is 1.33 bits per heavy atom. The SMILES string of the molecule is CC(=O)N1CCc2cc(-c3cc(C(=O)O)c(N)[nH]3)ccc21. The van der Waals surface area contributed by atoms with Crippen LogP contribution in [0, 0.1) is 0 Å². The normalized spacial score (nSPS) is 13.3. The number of fused-ring (bicyclic) bond motifs is 1. The molecule has 0 bridgehead atoms. The number of nitrogens with zero attached hydrogens (tertiary/aromatic N) is 1. The molecule has 3 rings (SSSR count). The molecule has 1 aliphatic heterocycles. The fourth-order valence-electron chi connectivity index (χ4n) is 2.70. The summed E-state index contributed by atoms with van der Waals surface area (Å²) >= 11 is 0. The average molecular weight is 285 g/mol. The Morgan fingerprint density at radius 3 is 2.71 bits per heavy atom. The number of H-pyrrole nitrogens is 1. The van der Waals surface area contributed by atoms with E-state index < -0.39 is 5.97 Å². The molecule has 0 atom stereocenters. The van der Waals surface area contributed by atoms with E-state index in [0.717, 1.165) is 23.2 Å². The zero-order valence-electron chi connectivity index (χ0n) is 11.5. The molecule has 0 saturated heterocycles. The minimum absolute atomic E-state index is 0.0266. The molecule has 0 aliphatic carbocycles. The van der Waals surface area contributed by atoms with Gasteiger partial charge in [-0.2, -0.15) is 0 Å². The van der Waals surface area contributed by atoms with Gasteiger partial charge in [-0.25, -0.2) is 4.79 Å². The molecule has 0 saturated carbocycles. The van der Waals surface area contributed by atoms with Crippen LogP contribution in [0.3, 0.4) is 0 Å². The number of hydrogen-bond acceptors (Lipinski definition) is 3. The summed E-state index contributed by atoms with van der Waals surface area (Å²) < 4.78 is 0. The summed E-state index contributed by atoms with van der Waals surface area (Å²) in [6.07, 6.45) is 0.796.